The number of hydrogen-bond acceptors (Lipinski definition) is 10. The summed E-state index contributed by atoms with van der Waals surface area (Å²) in [5.74, 6) is 2.17. The van der Waals surface area contributed by atoms with Gasteiger partial charge >= 0.3 is 6.09 Å². The number of carbonyl (C=O) groups is 2. The van der Waals surface area contributed by atoms with E-state index in [1.807, 2.05) is 13.0 Å². The summed E-state index contributed by atoms with van der Waals surface area (Å²) in [5, 5.41) is 20.3. The molecule has 3 aromatic heterocycles. The van der Waals surface area contributed by atoms with Gasteiger partial charge in [0.25, 0.3) is 0 Å². The lowest BCUT2D eigenvalue weighted by Crippen LogP contribution is -2.33. The standard InChI is InChI=1S/C31H30N8O6/c1-18-11-23(27(44-3)15-25(18)45-20-8-10-39-28(12-20)33-17-35-39)37-30-21-13-24(26(43-2)14-22(21)32-16-34-30)36-29(40)7-6-19-5-4-9-38(19)31(41)42/h6-8,10-17,19H,4-5,9H2,1-3H3,(H,36,40)(H,41,42)(H,32,34,37)/b7-6+/t19-/m1/s1. The van der Waals surface area contributed by atoms with Gasteiger partial charge in [0.2, 0.25) is 5.91 Å². The third-order valence-electron chi connectivity index (χ3n) is 7.46. The first kappa shape index (κ1) is 29.2. The maximum atomic E-state index is 12.9. The molecule has 1 aliphatic rings. The molecule has 0 spiro atoms. The molecule has 2 amide bonds. The number of aryl methyl sites for hydroxylation is 1. The summed E-state index contributed by atoms with van der Waals surface area (Å²) >= 11 is 0. The van der Waals surface area contributed by atoms with Gasteiger partial charge < -0.3 is 34.9 Å². The lowest BCUT2D eigenvalue weighted by Gasteiger charge is -2.18. The van der Waals surface area contributed by atoms with Gasteiger partial charge in [-0.1, -0.05) is 6.08 Å². The second kappa shape index (κ2) is 12.4. The predicted molar refractivity (Wildman–Crippen MR) is 166 cm³/mol. The zero-order valence-corrected chi connectivity index (χ0v) is 24.7. The molecule has 0 radical (unpaired) electrons. The summed E-state index contributed by atoms with van der Waals surface area (Å²) < 4.78 is 19.0. The van der Waals surface area contributed by atoms with Crippen LogP contribution in [0.25, 0.3) is 16.6 Å². The molecule has 1 atom stereocenters. The van der Waals surface area contributed by atoms with E-state index in [9.17, 15) is 14.7 Å². The van der Waals surface area contributed by atoms with E-state index in [1.165, 1.54) is 30.7 Å². The Bertz CT molecular complexity index is 1940. The Kier molecular flexibility index (Phi) is 8.01. The van der Waals surface area contributed by atoms with Crippen molar-refractivity contribution in [3.63, 3.8) is 0 Å². The molecule has 4 heterocycles. The van der Waals surface area contributed by atoms with Crippen LogP contribution < -0.4 is 24.8 Å². The molecule has 3 N–H and O–H groups in total. The number of nitrogens with zero attached hydrogens (tertiary/aromatic N) is 6. The van der Waals surface area contributed by atoms with Gasteiger partial charge in [0.05, 0.1) is 37.2 Å². The summed E-state index contributed by atoms with van der Waals surface area (Å²) in [4.78, 5) is 38.7. The van der Waals surface area contributed by atoms with E-state index in [4.69, 9.17) is 14.2 Å². The van der Waals surface area contributed by atoms with Gasteiger partial charge in [-0.25, -0.2) is 24.3 Å². The third kappa shape index (κ3) is 6.11. The number of fused-ring (bicyclic) bond motifs is 2. The summed E-state index contributed by atoms with van der Waals surface area (Å²) in [5.41, 5.74) is 3.12. The number of ether oxygens (including phenoxy) is 3. The average Bonchev–Trinajstić information content (AvgIpc) is 3.71. The number of rotatable bonds is 9. The maximum Gasteiger partial charge on any atom is 0.407 e. The summed E-state index contributed by atoms with van der Waals surface area (Å²) in [7, 11) is 3.06. The predicted octanol–water partition coefficient (Wildman–Crippen LogP) is 5.17. The Labute approximate surface area is 257 Å². The fourth-order valence-corrected chi connectivity index (χ4v) is 5.21. The number of benzene rings is 2. The van der Waals surface area contributed by atoms with Crippen molar-refractivity contribution in [2.75, 3.05) is 31.4 Å². The Morgan fingerprint density at radius 3 is 2.62 bits per heavy atom. The summed E-state index contributed by atoms with van der Waals surface area (Å²) in [6, 6.07) is 10.3. The van der Waals surface area contributed by atoms with E-state index in [-0.39, 0.29) is 6.04 Å². The molecule has 0 bridgehead atoms. The monoisotopic (exact) mass is 610 g/mol. The molecule has 230 valence electrons. The molecule has 0 saturated carbocycles. The number of carboxylic acid groups (broad SMARTS) is 1. The van der Waals surface area contributed by atoms with Crippen molar-refractivity contribution in [1.82, 2.24) is 29.5 Å². The van der Waals surface area contributed by atoms with Crippen LogP contribution in [-0.4, -0.2) is 73.4 Å². The molecular weight excluding hydrogens is 580 g/mol. The Morgan fingerprint density at radius 2 is 1.82 bits per heavy atom. The van der Waals surface area contributed by atoms with Crippen molar-refractivity contribution in [3.8, 4) is 23.0 Å². The normalized spacial score (nSPS) is 14.6. The molecule has 2 aromatic carbocycles. The molecule has 14 nitrogen and oxygen atoms in total. The molecule has 5 aromatic rings. The van der Waals surface area contributed by atoms with Gasteiger partial charge in [-0.05, 0) is 43.5 Å². The van der Waals surface area contributed by atoms with E-state index < -0.39 is 12.0 Å². The number of nitrogens with one attached hydrogen (secondary N) is 2. The van der Waals surface area contributed by atoms with Crippen LogP contribution in [0.2, 0.25) is 0 Å². The maximum absolute atomic E-state index is 12.9. The number of likely N-dealkylation sites (tertiary alicyclic amines) is 1. The minimum Gasteiger partial charge on any atom is -0.494 e. The minimum absolute atomic E-state index is 0.344. The highest BCUT2D eigenvalue weighted by Crippen LogP contribution is 2.38. The molecular formula is C31H30N8O6. The second-order valence-corrected chi connectivity index (χ2v) is 10.3. The van der Waals surface area contributed by atoms with Crippen molar-refractivity contribution in [2.45, 2.75) is 25.8 Å². The van der Waals surface area contributed by atoms with Crippen molar-refractivity contribution in [3.05, 3.63) is 73.0 Å². The van der Waals surface area contributed by atoms with Crippen LogP contribution in [0.15, 0.2) is 67.4 Å². The van der Waals surface area contributed by atoms with Gasteiger partial charge in [-0.2, -0.15) is 5.10 Å². The van der Waals surface area contributed by atoms with Crippen LogP contribution >= 0.6 is 0 Å². The lowest BCUT2D eigenvalue weighted by atomic mass is 10.1. The van der Waals surface area contributed by atoms with Gasteiger partial charge in [-0.15, -0.1) is 0 Å². The van der Waals surface area contributed by atoms with Gasteiger partial charge in [-0.3, -0.25) is 4.79 Å². The molecule has 0 unspecified atom stereocenters. The lowest BCUT2D eigenvalue weighted by molar-refractivity contribution is -0.112. The van der Waals surface area contributed by atoms with Crippen molar-refractivity contribution in [2.24, 2.45) is 0 Å². The molecule has 6 rings (SSSR count). The number of anilines is 3. The fraction of sp³-hybridized carbons (Fsp3) is 0.226. The Balaban J connectivity index is 1.26. The summed E-state index contributed by atoms with van der Waals surface area (Å²) in [6.07, 6.45) is 8.03. The molecule has 1 fully saturated rings. The van der Waals surface area contributed by atoms with Crippen LogP contribution in [0.3, 0.4) is 0 Å². The first-order valence-corrected chi connectivity index (χ1v) is 14.1. The van der Waals surface area contributed by atoms with Crippen molar-refractivity contribution in [1.29, 1.82) is 0 Å². The quantitative estimate of drug-likeness (QED) is 0.189. The van der Waals surface area contributed by atoms with Gasteiger partial charge in [0.15, 0.2) is 5.65 Å². The number of aromatic nitrogens is 5. The van der Waals surface area contributed by atoms with Gasteiger partial charge in [0.1, 0.15) is 41.5 Å². The van der Waals surface area contributed by atoms with Crippen LogP contribution in [-0.2, 0) is 4.79 Å². The zero-order chi connectivity index (χ0) is 31.5. The van der Waals surface area contributed by atoms with E-state index >= 15 is 0 Å². The number of methoxy groups -OCH3 is 2. The van der Waals surface area contributed by atoms with E-state index in [1.54, 1.807) is 54.2 Å². The first-order valence-electron chi connectivity index (χ1n) is 14.1. The van der Waals surface area contributed by atoms with Crippen LogP contribution in [0.5, 0.6) is 23.0 Å². The Morgan fingerprint density at radius 1 is 1.00 bits per heavy atom. The minimum atomic E-state index is -1.00. The Hall–Kier alpha value is -5.92. The number of amides is 2. The van der Waals surface area contributed by atoms with Crippen LogP contribution in [0.1, 0.15) is 18.4 Å². The molecule has 1 saturated heterocycles. The van der Waals surface area contributed by atoms with E-state index in [0.717, 1.165) is 12.0 Å². The van der Waals surface area contributed by atoms with Crippen molar-refractivity contribution < 1.29 is 28.9 Å². The number of hydrogen-bond donors (Lipinski definition) is 3. The molecule has 1 aliphatic heterocycles. The molecule has 0 aliphatic carbocycles. The number of carbonyl (C=O) groups excluding carboxylic acids is 1. The molecule has 14 heteroatoms. The highest BCUT2D eigenvalue weighted by atomic mass is 16.5. The van der Waals surface area contributed by atoms with Crippen LogP contribution in [0.4, 0.5) is 22.0 Å². The van der Waals surface area contributed by atoms with Crippen molar-refractivity contribution >= 4 is 45.7 Å². The third-order valence-corrected chi connectivity index (χ3v) is 7.46. The van der Waals surface area contributed by atoms with E-state index in [0.29, 0.717) is 69.7 Å². The highest BCUT2D eigenvalue weighted by Gasteiger charge is 2.26. The smallest absolute Gasteiger partial charge is 0.407 e. The topological polar surface area (TPSA) is 165 Å². The van der Waals surface area contributed by atoms with Gasteiger partial charge in [0, 0.05) is 42.4 Å². The SMILES string of the molecule is COc1cc2ncnc(Nc3cc(C)c(Oc4ccn5ncnc5c4)cc3OC)c2cc1NC(=O)/C=C/[C@H]1CCCN1C(=O)O. The van der Waals surface area contributed by atoms with Crippen LogP contribution in [0, 0.1) is 6.92 Å². The number of pyridine rings is 1. The summed E-state index contributed by atoms with van der Waals surface area (Å²) in [6.45, 7) is 2.36. The molecule has 45 heavy (non-hydrogen) atoms. The largest absolute Gasteiger partial charge is 0.494 e. The first-order chi connectivity index (χ1) is 21.8. The van der Waals surface area contributed by atoms with E-state index in [2.05, 4.69) is 30.7 Å². The highest BCUT2D eigenvalue weighted by molar-refractivity contribution is 6.03. The average molecular weight is 611 g/mol. The zero-order valence-electron chi connectivity index (χ0n) is 24.7. The second-order valence-electron chi connectivity index (χ2n) is 10.3. The fourth-order valence-electron chi connectivity index (χ4n) is 5.21.